The highest BCUT2D eigenvalue weighted by atomic mass is 35.5. The molecule has 0 saturated heterocycles. The molecular formula is C18H11Cl2F3N2O2. The Morgan fingerprint density at radius 3 is 2.19 bits per heavy atom. The largest absolute Gasteiger partial charge is 0.416 e. The summed E-state index contributed by atoms with van der Waals surface area (Å²) in [6.45, 7) is 1.87. The van der Waals surface area contributed by atoms with E-state index >= 15 is 0 Å². The fourth-order valence-electron chi connectivity index (χ4n) is 2.47. The lowest BCUT2D eigenvalue weighted by Crippen LogP contribution is -2.32. The number of halogens is 5. The first kappa shape index (κ1) is 19.3. The van der Waals surface area contributed by atoms with Gasteiger partial charge in [-0.2, -0.15) is 13.2 Å². The van der Waals surface area contributed by atoms with Gasteiger partial charge in [-0.1, -0.05) is 40.9 Å². The van der Waals surface area contributed by atoms with Gasteiger partial charge in [0.25, 0.3) is 11.8 Å². The summed E-state index contributed by atoms with van der Waals surface area (Å²) in [6, 6.07) is 9.27. The number of nitrogens with one attached hydrogen (secondary N) is 1. The van der Waals surface area contributed by atoms with Gasteiger partial charge >= 0.3 is 6.18 Å². The van der Waals surface area contributed by atoms with E-state index in [9.17, 15) is 22.8 Å². The molecule has 0 unspecified atom stereocenters. The Bertz CT molecular complexity index is 970. The highest BCUT2D eigenvalue weighted by Crippen LogP contribution is 2.38. The fourth-order valence-corrected chi connectivity index (χ4v) is 2.89. The Kier molecular flexibility index (Phi) is 4.92. The van der Waals surface area contributed by atoms with Crippen LogP contribution >= 0.6 is 23.2 Å². The molecule has 0 saturated carbocycles. The molecule has 0 radical (unpaired) electrons. The number of aryl methyl sites for hydroxylation is 1. The van der Waals surface area contributed by atoms with Crippen molar-refractivity contribution in [2.45, 2.75) is 13.1 Å². The predicted octanol–water partition coefficient (Wildman–Crippen LogP) is 5.10. The number of amides is 2. The minimum Gasteiger partial charge on any atom is -0.350 e. The van der Waals surface area contributed by atoms with Gasteiger partial charge in [0.1, 0.15) is 10.7 Å². The van der Waals surface area contributed by atoms with E-state index in [1.54, 1.807) is 24.3 Å². The molecule has 0 spiro atoms. The smallest absolute Gasteiger partial charge is 0.350 e. The molecular weight excluding hydrogens is 404 g/mol. The third-order valence-corrected chi connectivity index (χ3v) is 4.53. The zero-order valence-electron chi connectivity index (χ0n) is 13.7. The standard InChI is InChI=1S/C18H11Cl2F3N2O2/c1-9-2-5-11(6-3-9)24-15-14(20)16(26)25(17(15)27)13-8-10(18(21,22)23)4-7-12(13)19/h2-8,24H,1H3. The molecule has 1 aliphatic heterocycles. The monoisotopic (exact) mass is 414 g/mol. The van der Waals surface area contributed by atoms with Crippen LogP contribution in [-0.2, 0) is 15.8 Å². The molecule has 0 fully saturated rings. The summed E-state index contributed by atoms with van der Waals surface area (Å²) in [6.07, 6.45) is -4.66. The van der Waals surface area contributed by atoms with Gasteiger partial charge < -0.3 is 5.32 Å². The quantitative estimate of drug-likeness (QED) is 0.710. The third-order valence-electron chi connectivity index (χ3n) is 3.86. The zero-order valence-corrected chi connectivity index (χ0v) is 15.2. The molecule has 9 heteroatoms. The first-order chi connectivity index (χ1) is 12.6. The van der Waals surface area contributed by atoms with Crippen molar-refractivity contribution in [3.8, 4) is 0 Å². The van der Waals surface area contributed by atoms with E-state index in [0.29, 0.717) is 16.7 Å². The van der Waals surface area contributed by atoms with Gasteiger partial charge in [0.05, 0.1) is 16.3 Å². The molecule has 0 aromatic heterocycles. The van der Waals surface area contributed by atoms with E-state index < -0.39 is 28.6 Å². The molecule has 1 aliphatic rings. The van der Waals surface area contributed by atoms with E-state index in [4.69, 9.17) is 23.2 Å². The fraction of sp³-hybridized carbons (Fsp3) is 0.111. The number of alkyl halides is 3. The number of benzene rings is 2. The molecule has 2 aromatic carbocycles. The molecule has 27 heavy (non-hydrogen) atoms. The van der Waals surface area contributed by atoms with E-state index in [1.165, 1.54) is 0 Å². The predicted molar refractivity (Wildman–Crippen MR) is 96.6 cm³/mol. The molecule has 0 bridgehead atoms. The van der Waals surface area contributed by atoms with Crippen LogP contribution in [0.25, 0.3) is 0 Å². The minimum absolute atomic E-state index is 0.189. The summed E-state index contributed by atoms with van der Waals surface area (Å²) < 4.78 is 38.9. The van der Waals surface area contributed by atoms with E-state index in [0.717, 1.165) is 17.7 Å². The highest BCUT2D eigenvalue weighted by molar-refractivity contribution is 6.53. The molecule has 0 atom stereocenters. The van der Waals surface area contributed by atoms with Gasteiger partial charge in [-0.25, -0.2) is 4.90 Å². The van der Waals surface area contributed by atoms with Crippen molar-refractivity contribution >= 4 is 46.4 Å². The molecule has 0 aliphatic carbocycles. The van der Waals surface area contributed by atoms with Crippen molar-refractivity contribution in [1.29, 1.82) is 0 Å². The summed E-state index contributed by atoms with van der Waals surface area (Å²) in [5.74, 6) is -1.86. The summed E-state index contributed by atoms with van der Waals surface area (Å²) >= 11 is 11.9. The molecule has 2 amide bonds. The molecule has 140 valence electrons. The first-order valence-corrected chi connectivity index (χ1v) is 8.34. The van der Waals surface area contributed by atoms with Gasteiger partial charge in [0.2, 0.25) is 0 Å². The Hall–Kier alpha value is -2.51. The van der Waals surface area contributed by atoms with Crippen LogP contribution in [0, 0.1) is 6.92 Å². The molecule has 1 heterocycles. The number of anilines is 2. The Labute approximate surface area is 162 Å². The summed E-state index contributed by atoms with van der Waals surface area (Å²) in [5, 5.41) is 2.11. The van der Waals surface area contributed by atoms with Crippen LogP contribution < -0.4 is 10.2 Å². The van der Waals surface area contributed by atoms with Crippen molar-refractivity contribution in [2.24, 2.45) is 0 Å². The number of rotatable bonds is 3. The Morgan fingerprint density at radius 1 is 0.963 bits per heavy atom. The van der Waals surface area contributed by atoms with Crippen LogP contribution in [0.3, 0.4) is 0 Å². The Balaban J connectivity index is 1.97. The average Bonchev–Trinajstić information content (AvgIpc) is 2.80. The number of carbonyl (C=O) groups is 2. The van der Waals surface area contributed by atoms with Gasteiger partial charge in [-0.05, 0) is 37.3 Å². The van der Waals surface area contributed by atoms with Crippen LogP contribution in [0.4, 0.5) is 24.5 Å². The maximum atomic E-state index is 13.0. The molecule has 4 nitrogen and oxygen atoms in total. The second-order valence-corrected chi connectivity index (χ2v) is 6.57. The average molecular weight is 415 g/mol. The van der Waals surface area contributed by atoms with Gasteiger partial charge in [-0.3, -0.25) is 9.59 Å². The topological polar surface area (TPSA) is 49.4 Å². The van der Waals surface area contributed by atoms with Crippen LogP contribution in [0.1, 0.15) is 11.1 Å². The van der Waals surface area contributed by atoms with E-state index in [-0.39, 0.29) is 16.4 Å². The van der Waals surface area contributed by atoms with Crippen LogP contribution in [0.2, 0.25) is 5.02 Å². The maximum absolute atomic E-state index is 13.0. The second-order valence-electron chi connectivity index (χ2n) is 5.79. The number of carbonyl (C=O) groups excluding carboxylic acids is 2. The van der Waals surface area contributed by atoms with Gasteiger partial charge in [-0.15, -0.1) is 0 Å². The summed E-state index contributed by atoms with van der Waals surface area (Å²) in [5.41, 5.74) is -0.198. The van der Waals surface area contributed by atoms with Crippen molar-refractivity contribution in [1.82, 2.24) is 0 Å². The van der Waals surface area contributed by atoms with Crippen molar-refractivity contribution in [3.63, 3.8) is 0 Å². The van der Waals surface area contributed by atoms with Crippen LogP contribution in [0.15, 0.2) is 53.2 Å². The van der Waals surface area contributed by atoms with E-state index in [2.05, 4.69) is 5.32 Å². The lowest BCUT2D eigenvalue weighted by atomic mass is 10.2. The third kappa shape index (κ3) is 3.65. The normalized spacial score (nSPS) is 15.0. The molecule has 3 rings (SSSR count). The van der Waals surface area contributed by atoms with Crippen LogP contribution in [-0.4, -0.2) is 11.8 Å². The van der Waals surface area contributed by atoms with Crippen molar-refractivity contribution in [3.05, 3.63) is 69.3 Å². The van der Waals surface area contributed by atoms with E-state index in [1.807, 2.05) is 6.92 Å². The van der Waals surface area contributed by atoms with Gasteiger partial charge in [0.15, 0.2) is 0 Å². The molecule has 2 aromatic rings. The zero-order chi connectivity index (χ0) is 19.9. The number of imide groups is 1. The number of nitrogens with zero attached hydrogens (tertiary/aromatic N) is 1. The summed E-state index contributed by atoms with van der Waals surface area (Å²) in [7, 11) is 0. The van der Waals surface area contributed by atoms with Crippen molar-refractivity contribution < 1.29 is 22.8 Å². The first-order valence-electron chi connectivity index (χ1n) is 7.58. The lowest BCUT2D eigenvalue weighted by molar-refractivity contribution is -0.137. The number of hydrogen-bond donors (Lipinski definition) is 1. The Morgan fingerprint density at radius 2 is 1.59 bits per heavy atom. The van der Waals surface area contributed by atoms with Crippen molar-refractivity contribution in [2.75, 3.05) is 10.2 Å². The molecule has 1 N–H and O–H groups in total. The van der Waals surface area contributed by atoms with Gasteiger partial charge in [0, 0.05) is 5.69 Å². The second kappa shape index (κ2) is 6.90. The lowest BCUT2D eigenvalue weighted by Gasteiger charge is -2.18. The minimum atomic E-state index is -4.66. The number of hydrogen-bond acceptors (Lipinski definition) is 3. The highest BCUT2D eigenvalue weighted by Gasteiger charge is 2.41. The van der Waals surface area contributed by atoms with Crippen LogP contribution in [0.5, 0.6) is 0 Å². The SMILES string of the molecule is Cc1ccc(NC2=C(Cl)C(=O)N(c3cc(C(F)(F)F)ccc3Cl)C2=O)cc1. The summed E-state index contributed by atoms with van der Waals surface area (Å²) in [4.78, 5) is 25.6. The maximum Gasteiger partial charge on any atom is 0.416 e.